The Hall–Kier alpha value is -1.56. The van der Waals surface area contributed by atoms with Crippen LogP contribution < -0.4 is 0 Å². The van der Waals surface area contributed by atoms with Crippen LogP contribution in [0.15, 0.2) is 24.3 Å². The standard InChI is InChI=1S/C19H25N3O2/c1-13-17(21-16-6-3-2-5-15(16)20-13)11-22-9-4-7-18(22)14-12-24-10-8-19(14)23/h2-3,5-6,14,18-19,23H,4,7-12H2,1H3/t14-,18-,19+/m1/s1. The molecule has 24 heavy (non-hydrogen) atoms. The molecule has 0 bridgehead atoms. The van der Waals surface area contributed by atoms with Gasteiger partial charge in [0.15, 0.2) is 0 Å². The van der Waals surface area contributed by atoms with Gasteiger partial charge in [-0.25, -0.2) is 9.97 Å². The molecule has 128 valence electrons. The molecule has 0 unspecified atom stereocenters. The number of ether oxygens (including phenoxy) is 1. The first kappa shape index (κ1) is 15.9. The van der Waals surface area contributed by atoms with Gasteiger partial charge < -0.3 is 9.84 Å². The van der Waals surface area contributed by atoms with Gasteiger partial charge in [0.05, 0.1) is 35.1 Å². The molecule has 0 radical (unpaired) electrons. The van der Waals surface area contributed by atoms with Crippen molar-refractivity contribution in [3.8, 4) is 0 Å². The number of aliphatic hydroxyl groups excluding tert-OH is 1. The van der Waals surface area contributed by atoms with E-state index in [1.807, 2.05) is 31.2 Å². The van der Waals surface area contributed by atoms with Crippen LogP contribution in [0.3, 0.4) is 0 Å². The van der Waals surface area contributed by atoms with Crippen LogP contribution in [0.1, 0.15) is 30.7 Å². The van der Waals surface area contributed by atoms with E-state index < -0.39 is 0 Å². The predicted octanol–water partition coefficient (Wildman–Crippen LogP) is 2.30. The van der Waals surface area contributed by atoms with E-state index in [0.717, 1.165) is 48.4 Å². The average molecular weight is 327 g/mol. The Morgan fingerprint density at radius 3 is 2.79 bits per heavy atom. The smallest absolute Gasteiger partial charge is 0.0890 e. The SMILES string of the molecule is Cc1nc2ccccc2nc1CN1CCC[C@@H]1[C@H]1COCC[C@@H]1O. The van der Waals surface area contributed by atoms with Crippen LogP contribution in [0.5, 0.6) is 0 Å². The Morgan fingerprint density at radius 2 is 2.00 bits per heavy atom. The molecule has 0 amide bonds. The Morgan fingerprint density at radius 1 is 1.21 bits per heavy atom. The summed E-state index contributed by atoms with van der Waals surface area (Å²) in [5.74, 6) is 0.218. The van der Waals surface area contributed by atoms with Gasteiger partial charge in [0.2, 0.25) is 0 Å². The lowest BCUT2D eigenvalue weighted by Gasteiger charge is -2.37. The van der Waals surface area contributed by atoms with Crippen molar-refractivity contribution in [2.45, 2.75) is 44.9 Å². The molecule has 3 heterocycles. The molecule has 2 aromatic rings. The molecule has 1 aromatic heterocycles. The quantitative estimate of drug-likeness (QED) is 0.937. The lowest BCUT2D eigenvalue weighted by molar-refractivity contribution is -0.0637. The van der Waals surface area contributed by atoms with Gasteiger partial charge in [-0.15, -0.1) is 0 Å². The van der Waals surface area contributed by atoms with E-state index in [2.05, 4.69) is 4.90 Å². The minimum absolute atomic E-state index is 0.218. The third kappa shape index (κ3) is 3.04. The maximum absolute atomic E-state index is 10.4. The van der Waals surface area contributed by atoms with Crippen molar-refractivity contribution in [1.82, 2.24) is 14.9 Å². The molecular weight excluding hydrogens is 302 g/mol. The third-order valence-corrected chi connectivity index (χ3v) is 5.47. The second-order valence-corrected chi connectivity index (χ2v) is 7.02. The molecule has 0 spiro atoms. The summed E-state index contributed by atoms with van der Waals surface area (Å²) in [4.78, 5) is 12.0. The lowest BCUT2D eigenvalue weighted by atomic mass is 9.89. The van der Waals surface area contributed by atoms with E-state index in [0.29, 0.717) is 19.3 Å². The van der Waals surface area contributed by atoms with Crippen molar-refractivity contribution in [2.24, 2.45) is 5.92 Å². The van der Waals surface area contributed by atoms with Crippen LogP contribution >= 0.6 is 0 Å². The number of hydrogen-bond donors (Lipinski definition) is 1. The van der Waals surface area contributed by atoms with Crippen molar-refractivity contribution in [3.63, 3.8) is 0 Å². The molecule has 4 rings (SSSR count). The number of aromatic nitrogens is 2. The fourth-order valence-electron chi connectivity index (χ4n) is 4.12. The number of fused-ring (bicyclic) bond motifs is 1. The summed E-state index contributed by atoms with van der Waals surface area (Å²) in [6, 6.07) is 8.41. The summed E-state index contributed by atoms with van der Waals surface area (Å²) in [6.07, 6.45) is 2.82. The number of para-hydroxylation sites is 2. The highest BCUT2D eigenvalue weighted by Gasteiger charge is 2.37. The molecule has 2 aliphatic heterocycles. The maximum Gasteiger partial charge on any atom is 0.0890 e. The van der Waals surface area contributed by atoms with Crippen molar-refractivity contribution in [1.29, 1.82) is 0 Å². The minimum atomic E-state index is -0.242. The Kier molecular flexibility index (Phi) is 4.48. The van der Waals surface area contributed by atoms with Gasteiger partial charge in [0, 0.05) is 25.1 Å². The second kappa shape index (κ2) is 6.75. The van der Waals surface area contributed by atoms with Crippen LogP contribution in [-0.4, -0.2) is 51.9 Å². The summed E-state index contributed by atoms with van der Waals surface area (Å²) >= 11 is 0. The zero-order valence-electron chi connectivity index (χ0n) is 14.2. The highest BCUT2D eigenvalue weighted by Crippen LogP contribution is 2.31. The fraction of sp³-hybridized carbons (Fsp3) is 0.579. The normalized spacial score (nSPS) is 28.5. The third-order valence-electron chi connectivity index (χ3n) is 5.47. The van der Waals surface area contributed by atoms with Crippen LogP contribution in [0.25, 0.3) is 11.0 Å². The zero-order valence-corrected chi connectivity index (χ0v) is 14.2. The summed E-state index contributed by atoms with van der Waals surface area (Å²) in [7, 11) is 0. The molecule has 2 aliphatic rings. The molecule has 2 fully saturated rings. The monoisotopic (exact) mass is 327 g/mol. The topological polar surface area (TPSA) is 58.5 Å². The van der Waals surface area contributed by atoms with Crippen molar-refractivity contribution in [2.75, 3.05) is 19.8 Å². The fourth-order valence-corrected chi connectivity index (χ4v) is 4.12. The summed E-state index contributed by atoms with van der Waals surface area (Å²) in [6.45, 7) is 5.25. The van der Waals surface area contributed by atoms with Crippen molar-refractivity contribution >= 4 is 11.0 Å². The molecule has 1 aromatic carbocycles. The number of aryl methyl sites for hydroxylation is 1. The first-order chi connectivity index (χ1) is 11.7. The van der Waals surface area contributed by atoms with Gasteiger partial charge >= 0.3 is 0 Å². The van der Waals surface area contributed by atoms with Gasteiger partial charge in [-0.2, -0.15) is 0 Å². The molecule has 0 saturated carbocycles. The van der Waals surface area contributed by atoms with E-state index >= 15 is 0 Å². The second-order valence-electron chi connectivity index (χ2n) is 7.02. The Balaban J connectivity index is 1.56. The van der Waals surface area contributed by atoms with Gasteiger partial charge in [-0.05, 0) is 44.9 Å². The van der Waals surface area contributed by atoms with Crippen LogP contribution in [0.4, 0.5) is 0 Å². The number of likely N-dealkylation sites (tertiary alicyclic amines) is 1. The first-order valence-electron chi connectivity index (χ1n) is 8.94. The number of rotatable bonds is 3. The van der Waals surface area contributed by atoms with Crippen molar-refractivity contribution in [3.05, 3.63) is 35.7 Å². The molecule has 5 heteroatoms. The Labute approximate surface area is 142 Å². The van der Waals surface area contributed by atoms with Gasteiger partial charge in [0.25, 0.3) is 0 Å². The van der Waals surface area contributed by atoms with Gasteiger partial charge in [-0.1, -0.05) is 12.1 Å². The van der Waals surface area contributed by atoms with Gasteiger partial charge in [0.1, 0.15) is 0 Å². The molecule has 3 atom stereocenters. The molecule has 0 aliphatic carbocycles. The van der Waals surface area contributed by atoms with E-state index in [4.69, 9.17) is 14.7 Å². The molecule has 2 saturated heterocycles. The molecular formula is C19H25N3O2. The summed E-state index contributed by atoms with van der Waals surface area (Å²) < 4.78 is 5.63. The number of aliphatic hydroxyl groups is 1. The largest absolute Gasteiger partial charge is 0.393 e. The molecule has 1 N–H and O–H groups in total. The number of benzene rings is 1. The van der Waals surface area contributed by atoms with Crippen LogP contribution in [0.2, 0.25) is 0 Å². The maximum atomic E-state index is 10.4. The van der Waals surface area contributed by atoms with Crippen LogP contribution in [-0.2, 0) is 11.3 Å². The molecule has 5 nitrogen and oxygen atoms in total. The summed E-state index contributed by atoms with van der Waals surface area (Å²) in [5.41, 5.74) is 3.95. The lowest BCUT2D eigenvalue weighted by Crippen LogP contribution is -2.46. The van der Waals surface area contributed by atoms with Gasteiger partial charge in [-0.3, -0.25) is 4.90 Å². The van der Waals surface area contributed by atoms with E-state index in [-0.39, 0.29) is 12.0 Å². The van der Waals surface area contributed by atoms with E-state index in [9.17, 15) is 5.11 Å². The van der Waals surface area contributed by atoms with E-state index in [1.165, 1.54) is 6.42 Å². The predicted molar refractivity (Wildman–Crippen MR) is 92.6 cm³/mol. The minimum Gasteiger partial charge on any atom is -0.393 e. The number of nitrogens with zero attached hydrogens (tertiary/aromatic N) is 3. The summed E-state index contributed by atoms with van der Waals surface area (Å²) in [5, 5.41) is 10.4. The zero-order chi connectivity index (χ0) is 16.5. The first-order valence-corrected chi connectivity index (χ1v) is 8.94. The van der Waals surface area contributed by atoms with Crippen molar-refractivity contribution < 1.29 is 9.84 Å². The number of hydrogen-bond acceptors (Lipinski definition) is 5. The van der Waals surface area contributed by atoms with Crippen LogP contribution in [0, 0.1) is 12.8 Å². The average Bonchev–Trinajstić information content (AvgIpc) is 3.04. The van der Waals surface area contributed by atoms with E-state index in [1.54, 1.807) is 0 Å². The Bertz CT molecular complexity index is 721. The highest BCUT2D eigenvalue weighted by atomic mass is 16.5. The highest BCUT2D eigenvalue weighted by molar-refractivity contribution is 5.74.